The molecule has 0 spiro atoms. The average molecular weight is 739 g/mol. The maximum Gasteiger partial charge on any atom is 0.270 e. The van der Waals surface area contributed by atoms with Gasteiger partial charge in [0, 0.05) is 0 Å². The topological polar surface area (TPSA) is 183 Å². The van der Waals surface area contributed by atoms with Crippen molar-refractivity contribution in [2.24, 2.45) is 0 Å². The highest BCUT2D eigenvalue weighted by Crippen LogP contribution is 2.35. The van der Waals surface area contributed by atoms with Gasteiger partial charge in [0.25, 0.3) is 40.5 Å². The molecule has 0 bridgehead atoms. The summed E-state index contributed by atoms with van der Waals surface area (Å²) < 4.78 is 126. The molecule has 0 aromatic heterocycles. The van der Waals surface area contributed by atoms with E-state index in [9.17, 15) is 33.7 Å². The molecule has 1 aliphatic heterocycles. The molecule has 260 valence electrons. The van der Waals surface area contributed by atoms with Gasteiger partial charge in [-0.05, 0) is 73.9 Å². The summed E-state index contributed by atoms with van der Waals surface area (Å²) in [7, 11) is -16.8. The van der Waals surface area contributed by atoms with Gasteiger partial charge in [0.1, 0.15) is 29.9 Å². The van der Waals surface area contributed by atoms with Gasteiger partial charge >= 0.3 is 0 Å². The first-order valence-corrected chi connectivity index (χ1v) is 22.4. The summed E-state index contributed by atoms with van der Waals surface area (Å²) in [5.41, 5.74) is -1.51. The lowest BCUT2D eigenvalue weighted by Gasteiger charge is -2.43. The van der Waals surface area contributed by atoms with Crippen LogP contribution in [0.1, 0.15) is 76.2 Å². The molecule has 43 heavy (non-hydrogen) atoms. The molecule has 0 saturated carbocycles. The van der Waals surface area contributed by atoms with E-state index in [4.69, 9.17) is 21.5 Å². The van der Waals surface area contributed by atoms with Crippen molar-refractivity contribution >= 4 is 61.0 Å². The Morgan fingerprint density at radius 3 is 1.21 bits per heavy atom. The largest absolute Gasteiger partial charge is 0.356 e. The fourth-order valence-corrected chi connectivity index (χ4v) is 7.79. The Morgan fingerprint density at radius 1 is 0.581 bits per heavy atom. The summed E-state index contributed by atoms with van der Waals surface area (Å²) in [5, 5.41) is -4.28. The minimum atomic E-state index is -4.42. The van der Waals surface area contributed by atoms with Gasteiger partial charge in [-0.3, -0.25) is 16.7 Å². The Labute approximate surface area is 267 Å². The lowest BCUT2D eigenvalue weighted by Crippen LogP contribution is -2.62. The second-order valence-electron chi connectivity index (χ2n) is 10.8. The molecule has 0 N–H and O–H groups in total. The Hall–Kier alpha value is 0.380. The molecule has 0 aromatic carbocycles. The van der Waals surface area contributed by atoms with Gasteiger partial charge in [0.2, 0.25) is 0 Å². The van der Waals surface area contributed by atoms with Crippen LogP contribution in [-0.4, -0.2) is 110 Å². The predicted molar refractivity (Wildman–Crippen MR) is 173 cm³/mol. The van der Waals surface area contributed by atoms with Crippen molar-refractivity contribution in [2.75, 3.05) is 25.1 Å². The first-order chi connectivity index (χ1) is 19.4. The number of thiol groups is 1. The zero-order chi connectivity index (χ0) is 34.1. The summed E-state index contributed by atoms with van der Waals surface area (Å²) in [6, 6.07) is 0. The van der Waals surface area contributed by atoms with Crippen molar-refractivity contribution in [1.82, 2.24) is 0 Å². The van der Waals surface area contributed by atoms with E-state index in [1.54, 1.807) is 0 Å². The number of rotatable bonds is 16. The molecule has 1 fully saturated rings. The van der Waals surface area contributed by atoms with Crippen LogP contribution in [-0.2, 0) is 61.9 Å². The molecule has 0 radical (unpaired) electrons. The number of hydrogen-bond donors (Lipinski definition) is 1. The van der Waals surface area contributed by atoms with Crippen molar-refractivity contribution in [1.29, 1.82) is 0 Å². The van der Waals surface area contributed by atoms with E-state index in [1.165, 1.54) is 73.9 Å². The highest BCUT2D eigenvalue weighted by atomic mass is 32.2. The monoisotopic (exact) mass is 738 g/mol. The highest BCUT2D eigenvalue weighted by molar-refractivity contribution is 7.88. The molecule has 5 atom stereocenters. The van der Waals surface area contributed by atoms with Crippen LogP contribution in [0.2, 0.25) is 0 Å². The minimum absolute atomic E-state index is 0.446. The third-order valence-corrected chi connectivity index (χ3v) is 16.0. The molecule has 13 nitrogen and oxygen atoms in total. The molecular formula is C24H51O13PS5. The van der Waals surface area contributed by atoms with Gasteiger partial charge in [-0.2, -0.15) is 33.7 Å². The Balaban J connectivity index is 0.00000223. The van der Waals surface area contributed by atoms with Crippen LogP contribution in [0, 0.1) is 0 Å². The molecule has 1 saturated heterocycles. The number of ether oxygens (including phenoxy) is 1. The highest BCUT2D eigenvalue weighted by Gasteiger charge is 2.53. The maximum atomic E-state index is 12.7. The van der Waals surface area contributed by atoms with Crippen LogP contribution >= 0.6 is 20.6 Å². The van der Waals surface area contributed by atoms with Gasteiger partial charge in [0.15, 0.2) is 0 Å². The lowest BCUT2D eigenvalue weighted by atomic mass is 10.0. The molecule has 19 heteroatoms. The van der Waals surface area contributed by atoms with E-state index in [0.29, 0.717) is 7.92 Å². The van der Waals surface area contributed by atoms with Crippen LogP contribution in [0.4, 0.5) is 0 Å². The van der Waals surface area contributed by atoms with Crippen LogP contribution < -0.4 is 0 Å². The Morgan fingerprint density at radius 2 is 0.907 bits per heavy atom. The fraction of sp³-hybridized carbons (Fsp3) is 1.00. The van der Waals surface area contributed by atoms with E-state index in [1.807, 2.05) is 0 Å². The third-order valence-electron chi connectivity index (χ3n) is 6.39. The standard InChI is InChI=1S/C18H36O13S5.C6H15P/c1-10(2)33(19,20)27-9-14-15(29-34(21,22)11(3)4)16(30-35(23,24)12(5)6)17(18(32)28-14)31-36(25,26)13(7)8;1-4-7(5-2)6-3/h10-18,32H,9H2,1-8H3;4-6H2,1-3H3/t14-,15-,16+,17-,18+;/m1./s1. The van der Waals surface area contributed by atoms with E-state index in [2.05, 4.69) is 33.4 Å². The van der Waals surface area contributed by atoms with Crippen LogP contribution in [0.25, 0.3) is 0 Å². The minimum Gasteiger partial charge on any atom is -0.356 e. The molecule has 0 aliphatic carbocycles. The van der Waals surface area contributed by atoms with Crippen molar-refractivity contribution in [3.8, 4) is 0 Å². The summed E-state index contributed by atoms with van der Waals surface area (Å²) in [6.45, 7) is 16.5. The average Bonchev–Trinajstić information content (AvgIpc) is 2.87. The molecule has 1 aliphatic rings. The smallest absolute Gasteiger partial charge is 0.270 e. The van der Waals surface area contributed by atoms with Gasteiger partial charge in [-0.1, -0.05) is 20.8 Å². The van der Waals surface area contributed by atoms with Crippen molar-refractivity contribution < 1.29 is 55.1 Å². The molecule has 1 heterocycles. The van der Waals surface area contributed by atoms with E-state index >= 15 is 0 Å². The molecule has 0 unspecified atom stereocenters. The van der Waals surface area contributed by atoms with Crippen LogP contribution in [0.5, 0.6) is 0 Å². The fourth-order valence-electron chi connectivity index (χ4n) is 3.12. The van der Waals surface area contributed by atoms with Crippen LogP contribution in [0.3, 0.4) is 0 Å². The molecule has 0 amide bonds. The zero-order valence-electron chi connectivity index (χ0n) is 26.9. The van der Waals surface area contributed by atoms with Crippen LogP contribution in [0.15, 0.2) is 0 Å². The van der Waals surface area contributed by atoms with E-state index in [0.717, 1.165) is 0 Å². The second kappa shape index (κ2) is 18.1. The molecule has 0 aromatic rings. The predicted octanol–water partition coefficient (Wildman–Crippen LogP) is 3.29. The van der Waals surface area contributed by atoms with Gasteiger partial charge in [-0.15, -0.1) is 20.6 Å². The lowest BCUT2D eigenvalue weighted by molar-refractivity contribution is -0.178. The van der Waals surface area contributed by atoms with Crippen molar-refractivity contribution in [3.63, 3.8) is 0 Å². The first kappa shape index (κ1) is 43.4. The summed E-state index contributed by atoms with van der Waals surface area (Å²) in [4.78, 5) is 0. The SMILES string of the molecule is CC(C)S(=O)(=O)OC[C@H]1O[C@@H](S)[C@H](OS(=O)(=O)C(C)C)[C@@H](OS(=O)(=O)C(C)C)[C@@H]1OS(=O)(=O)C(C)C.CCP(CC)CC. The zero-order valence-corrected chi connectivity index (χ0v) is 31.9. The maximum absolute atomic E-state index is 12.7. The quantitative estimate of drug-likeness (QED) is 0.138. The second-order valence-corrected chi connectivity index (χ2v) is 23.1. The van der Waals surface area contributed by atoms with Gasteiger partial charge in [-0.25, -0.2) is 0 Å². The Kier molecular flexibility index (Phi) is 18.2. The molecule has 1 rings (SSSR count). The van der Waals surface area contributed by atoms with E-state index < -0.39 is 97.9 Å². The number of hydrogen-bond acceptors (Lipinski definition) is 14. The van der Waals surface area contributed by atoms with Gasteiger partial charge in [0.05, 0.1) is 27.6 Å². The summed E-state index contributed by atoms with van der Waals surface area (Å²) >= 11 is 4.16. The molecular weight excluding hydrogens is 688 g/mol. The summed E-state index contributed by atoms with van der Waals surface area (Å²) in [6.07, 6.45) is -2.91. The van der Waals surface area contributed by atoms with Gasteiger partial charge < -0.3 is 4.74 Å². The third kappa shape index (κ3) is 13.6. The summed E-state index contributed by atoms with van der Waals surface area (Å²) in [5.74, 6) is 0. The normalized spacial score (nSPS) is 24.2. The van der Waals surface area contributed by atoms with Crippen molar-refractivity contribution in [2.45, 2.75) is 127 Å². The van der Waals surface area contributed by atoms with E-state index in [-0.39, 0.29) is 0 Å². The first-order valence-electron chi connectivity index (χ1n) is 14.1. The van der Waals surface area contributed by atoms with Crippen molar-refractivity contribution in [3.05, 3.63) is 0 Å². The Bertz CT molecular complexity index is 1250.